The zero-order valence-electron chi connectivity index (χ0n) is 16.8. The van der Waals surface area contributed by atoms with Gasteiger partial charge < -0.3 is 20.1 Å². The van der Waals surface area contributed by atoms with E-state index in [-0.39, 0.29) is 12.0 Å². The van der Waals surface area contributed by atoms with Gasteiger partial charge in [-0.1, -0.05) is 18.2 Å². The van der Waals surface area contributed by atoms with Crippen LogP contribution in [0.4, 0.5) is 11.4 Å². The summed E-state index contributed by atoms with van der Waals surface area (Å²) in [5, 5.41) is 6.12. The Morgan fingerprint density at radius 1 is 1.00 bits per heavy atom. The zero-order valence-corrected chi connectivity index (χ0v) is 16.8. The molecule has 6 nitrogen and oxygen atoms in total. The van der Waals surface area contributed by atoms with Gasteiger partial charge >= 0.3 is 0 Å². The van der Waals surface area contributed by atoms with Crippen molar-refractivity contribution in [3.8, 4) is 11.5 Å². The molecule has 150 valence electrons. The Bertz CT molecular complexity index is 938. The minimum absolute atomic E-state index is 0.106. The van der Waals surface area contributed by atoms with E-state index < -0.39 is 0 Å². The number of aromatic nitrogens is 1. The summed E-state index contributed by atoms with van der Waals surface area (Å²) < 4.78 is 11.0. The van der Waals surface area contributed by atoms with Crippen LogP contribution in [-0.4, -0.2) is 24.1 Å². The summed E-state index contributed by atoms with van der Waals surface area (Å²) in [6.45, 7) is 4.54. The number of methoxy groups -OCH3 is 1. The van der Waals surface area contributed by atoms with Crippen LogP contribution in [0.5, 0.6) is 11.5 Å². The first-order valence-corrected chi connectivity index (χ1v) is 9.45. The molecule has 0 bridgehead atoms. The van der Waals surface area contributed by atoms with Crippen LogP contribution in [0.3, 0.4) is 0 Å². The number of pyridine rings is 1. The van der Waals surface area contributed by atoms with Crippen molar-refractivity contribution in [3.63, 3.8) is 0 Å². The number of para-hydroxylation sites is 1. The van der Waals surface area contributed by atoms with Crippen molar-refractivity contribution >= 4 is 17.3 Å². The predicted octanol–water partition coefficient (Wildman–Crippen LogP) is 4.74. The third kappa shape index (κ3) is 5.72. The molecular formula is C23H25N3O3. The van der Waals surface area contributed by atoms with E-state index >= 15 is 0 Å². The third-order valence-corrected chi connectivity index (χ3v) is 4.16. The standard InChI is InChI=1S/C23H25N3O3/c1-16(2)29-20-11-8-18(9-12-20)26-23(27)21-13-10-19(15-25-21)24-14-17-6-4-5-7-22(17)28-3/h4-13,15-16,24H,14H2,1-3H3,(H,26,27). The molecule has 0 unspecified atom stereocenters. The first-order chi connectivity index (χ1) is 14.0. The van der Waals surface area contributed by atoms with E-state index in [1.165, 1.54) is 0 Å². The Labute approximate surface area is 170 Å². The maximum atomic E-state index is 12.4. The van der Waals surface area contributed by atoms with Crippen LogP contribution in [-0.2, 0) is 6.54 Å². The Morgan fingerprint density at radius 2 is 1.72 bits per heavy atom. The lowest BCUT2D eigenvalue weighted by Crippen LogP contribution is -2.14. The van der Waals surface area contributed by atoms with Gasteiger partial charge in [0.1, 0.15) is 17.2 Å². The van der Waals surface area contributed by atoms with Crippen LogP contribution in [0.25, 0.3) is 0 Å². The van der Waals surface area contributed by atoms with E-state index in [9.17, 15) is 4.79 Å². The minimum Gasteiger partial charge on any atom is -0.496 e. The lowest BCUT2D eigenvalue weighted by molar-refractivity contribution is 0.102. The highest BCUT2D eigenvalue weighted by atomic mass is 16.5. The quantitative estimate of drug-likeness (QED) is 0.580. The number of anilines is 2. The molecule has 1 amide bonds. The molecule has 0 saturated carbocycles. The third-order valence-electron chi connectivity index (χ3n) is 4.16. The van der Waals surface area contributed by atoms with Gasteiger partial charge in [0.2, 0.25) is 0 Å². The normalized spacial score (nSPS) is 10.5. The number of carbonyl (C=O) groups is 1. The van der Waals surface area contributed by atoms with Crippen molar-refractivity contribution in [2.24, 2.45) is 0 Å². The second-order valence-corrected chi connectivity index (χ2v) is 6.74. The summed E-state index contributed by atoms with van der Waals surface area (Å²) >= 11 is 0. The van der Waals surface area contributed by atoms with Gasteiger partial charge in [-0.2, -0.15) is 0 Å². The number of benzene rings is 2. The van der Waals surface area contributed by atoms with E-state index in [0.717, 1.165) is 22.7 Å². The van der Waals surface area contributed by atoms with Gasteiger partial charge in [0.05, 0.1) is 25.1 Å². The minimum atomic E-state index is -0.265. The van der Waals surface area contributed by atoms with E-state index in [0.29, 0.717) is 17.9 Å². The summed E-state index contributed by atoms with van der Waals surface area (Å²) in [5.74, 6) is 1.33. The van der Waals surface area contributed by atoms with Gasteiger partial charge in [-0.3, -0.25) is 4.79 Å². The average molecular weight is 391 g/mol. The fraction of sp³-hybridized carbons (Fsp3) is 0.217. The molecule has 2 N–H and O–H groups in total. The summed E-state index contributed by atoms with van der Waals surface area (Å²) in [4.78, 5) is 16.7. The number of nitrogens with zero attached hydrogens (tertiary/aromatic N) is 1. The number of amides is 1. The molecule has 3 aromatic rings. The first kappa shape index (κ1) is 20.2. The van der Waals surface area contributed by atoms with E-state index in [4.69, 9.17) is 9.47 Å². The Kier molecular flexibility index (Phi) is 6.68. The highest BCUT2D eigenvalue weighted by Crippen LogP contribution is 2.20. The van der Waals surface area contributed by atoms with E-state index in [1.807, 2.05) is 56.3 Å². The number of ether oxygens (including phenoxy) is 2. The second kappa shape index (κ2) is 9.59. The van der Waals surface area contributed by atoms with Gasteiger partial charge in [-0.05, 0) is 56.3 Å². The Morgan fingerprint density at radius 3 is 2.38 bits per heavy atom. The molecular weight excluding hydrogens is 366 g/mol. The lowest BCUT2D eigenvalue weighted by atomic mass is 10.2. The van der Waals surface area contributed by atoms with Crippen molar-refractivity contribution in [1.29, 1.82) is 0 Å². The number of nitrogens with one attached hydrogen (secondary N) is 2. The van der Waals surface area contributed by atoms with Crippen LogP contribution in [0, 0.1) is 0 Å². The van der Waals surface area contributed by atoms with E-state index in [1.54, 1.807) is 31.5 Å². The van der Waals surface area contributed by atoms with Crippen molar-refractivity contribution in [2.75, 3.05) is 17.7 Å². The van der Waals surface area contributed by atoms with Gasteiger partial charge in [0, 0.05) is 17.8 Å². The molecule has 0 saturated heterocycles. The molecule has 0 fully saturated rings. The predicted molar refractivity (Wildman–Crippen MR) is 115 cm³/mol. The topological polar surface area (TPSA) is 72.5 Å². The van der Waals surface area contributed by atoms with Crippen molar-refractivity contribution in [2.45, 2.75) is 26.5 Å². The largest absolute Gasteiger partial charge is 0.496 e. The van der Waals surface area contributed by atoms with Gasteiger partial charge in [0.25, 0.3) is 5.91 Å². The zero-order chi connectivity index (χ0) is 20.6. The monoisotopic (exact) mass is 391 g/mol. The van der Waals surface area contributed by atoms with Crippen molar-refractivity contribution in [3.05, 3.63) is 78.1 Å². The maximum Gasteiger partial charge on any atom is 0.274 e. The fourth-order valence-electron chi connectivity index (χ4n) is 2.76. The molecule has 0 spiro atoms. The van der Waals surface area contributed by atoms with Gasteiger partial charge in [-0.15, -0.1) is 0 Å². The molecule has 0 aliphatic heterocycles. The van der Waals surface area contributed by atoms with Crippen LogP contribution in [0.2, 0.25) is 0 Å². The molecule has 3 rings (SSSR count). The van der Waals surface area contributed by atoms with Gasteiger partial charge in [-0.25, -0.2) is 4.98 Å². The number of carbonyl (C=O) groups excluding carboxylic acids is 1. The fourth-order valence-corrected chi connectivity index (χ4v) is 2.76. The number of rotatable bonds is 8. The number of hydrogen-bond donors (Lipinski definition) is 2. The lowest BCUT2D eigenvalue weighted by Gasteiger charge is -2.11. The van der Waals surface area contributed by atoms with Crippen molar-refractivity contribution < 1.29 is 14.3 Å². The maximum absolute atomic E-state index is 12.4. The van der Waals surface area contributed by atoms with Gasteiger partial charge in [0.15, 0.2) is 0 Å². The first-order valence-electron chi connectivity index (χ1n) is 9.45. The van der Waals surface area contributed by atoms with E-state index in [2.05, 4.69) is 15.6 Å². The van der Waals surface area contributed by atoms with Crippen LogP contribution < -0.4 is 20.1 Å². The second-order valence-electron chi connectivity index (χ2n) is 6.74. The molecule has 1 heterocycles. The SMILES string of the molecule is COc1ccccc1CNc1ccc(C(=O)Nc2ccc(OC(C)C)cc2)nc1. The molecule has 0 radical (unpaired) electrons. The Balaban J connectivity index is 1.57. The van der Waals surface area contributed by atoms with Crippen molar-refractivity contribution in [1.82, 2.24) is 4.98 Å². The highest BCUT2D eigenvalue weighted by molar-refractivity contribution is 6.02. The molecule has 0 aliphatic carbocycles. The molecule has 6 heteroatoms. The molecule has 2 aromatic carbocycles. The molecule has 1 aromatic heterocycles. The Hall–Kier alpha value is -3.54. The molecule has 29 heavy (non-hydrogen) atoms. The summed E-state index contributed by atoms with van der Waals surface area (Å²) in [5.41, 5.74) is 2.89. The highest BCUT2D eigenvalue weighted by Gasteiger charge is 2.09. The van der Waals surface area contributed by atoms with Crippen LogP contribution >= 0.6 is 0 Å². The number of hydrogen-bond acceptors (Lipinski definition) is 5. The van der Waals surface area contributed by atoms with Crippen LogP contribution in [0.15, 0.2) is 66.9 Å². The summed E-state index contributed by atoms with van der Waals surface area (Å²) in [6, 6.07) is 18.6. The smallest absolute Gasteiger partial charge is 0.274 e. The molecule has 0 aliphatic rings. The average Bonchev–Trinajstić information content (AvgIpc) is 2.74. The summed E-state index contributed by atoms with van der Waals surface area (Å²) in [7, 11) is 1.65. The van der Waals surface area contributed by atoms with Crippen LogP contribution in [0.1, 0.15) is 29.9 Å². The summed E-state index contributed by atoms with van der Waals surface area (Å²) in [6.07, 6.45) is 1.75. The molecule has 0 atom stereocenters.